The SMILES string of the molecule is CCSc1nc2nc(-c3ccc(CN)cc3)c(-c3ccccc3)cc2c[nH+]1. The molecular formula is C22H21N4S+. The molecule has 0 aliphatic heterocycles. The second kappa shape index (κ2) is 7.86. The first kappa shape index (κ1) is 17.6. The van der Waals surface area contributed by atoms with Gasteiger partial charge in [-0.3, -0.25) is 0 Å². The van der Waals surface area contributed by atoms with E-state index in [9.17, 15) is 0 Å². The summed E-state index contributed by atoms with van der Waals surface area (Å²) >= 11 is 1.68. The van der Waals surface area contributed by atoms with E-state index in [2.05, 4.69) is 54.4 Å². The van der Waals surface area contributed by atoms with Crippen LogP contribution in [0.3, 0.4) is 0 Å². The van der Waals surface area contributed by atoms with Crippen LogP contribution in [0.2, 0.25) is 0 Å². The normalized spacial score (nSPS) is 11.0. The smallest absolute Gasteiger partial charge is 0.326 e. The van der Waals surface area contributed by atoms with Gasteiger partial charge in [0.25, 0.3) is 5.65 Å². The maximum atomic E-state index is 5.75. The average Bonchev–Trinajstić information content (AvgIpc) is 2.74. The Kier molecular flexibility index (Phi) is 5.14. The van der Waals surface area contributed by atoms with Gasteiger partial charge in [0.05, 0.1) is 11.1 Å². The number of H-pyrrole nitrogens is 1. The van der Waals surface area contributed by atoms with Crippen LogP contribution in [0.25, 0.3) is 33.4 Å². The fourth-order valence-electron chi connectivity index (χ4n) is 3.05. The Morgan fingerprint density at radius 2 is 1.74 bits per heavy atom. The molecule has 5 heteroatoms. The van der Waals surface area contributed by atoms with Crippen LogP contribution in [-0.2, 0) is 6.54 Å². The number of fused-ring (bicyclic) bond motifs is 1. The number of rotatable bonds is 5. The van der Waals surface area contributed by atoms with Crippen molar-refractivity contribution in [2.45, 2.75) is 18.6 Å². The van der Waals surface area contributed by atoms with E-state index >= 15 is 0 Å². The van der Waals surface area contributed by atoms with E-state index < -0.39 is 0 Å². The Morgan fingerprint density at radius 1 is 0.963 bits per heavy atom. The highest BCUT2D eigenvalue weighted by molar-refractivity contribution is 7.99. The predicted octanol–water partition coefficient (Wildman–Crippen LogP) is 4.35. The van der Waals surface area contributed by atoms with Crippen LogP contribution >= 0.6 is 11.8 Å². The molecule has 134 valence electrons. The van der Waals surface area contributed by atoms with Gasteiger partial charge in [-0.1, -0.05) is 61.5 Å². The molecule has 0 radical (unpaired) electrons. The van der Waals surface area contributed by atoms with E-state index in [1.807, 2.05) is 24.4 Å². The van der Waals surface area contributed by atoms with Gasteiger partial charge in [0, 0.05) is 23.4 Å². The molecule has 0 saturated heterocycles. The molecule has 27 heavy (non-hydrogen) atoms. The molecule has 0 bridgehead atoms. The van der Waals surface area contributed by atoms with Crippen LogP contribution in [0.1, 0.15) is 12.5 Å². The lowest BCUT2D eigenvalue weighted by Crippen LogP contribution is -2.09. The Morgan fingerprint density at radius 3 is 2.44 bits per heavy atom. The largest absolute Gasteiger partial charge is 0.359 e. The van der Waals surface area contributed by atoms with Crippen molar-refractivity contribution in [1.29, 1.82) is 0 Å². The Balaban J connectivity index is 1.93. The van der Waals surface area contributed by atoms with Crippen LogP contribution in [-0.4, -0.2) is 15.7 Å². The third-order valence-corrected chi connectivity index (χ3v) is 5.19. The van der Waals surface area contributed by atoms with Crippen LogP contribution in [0.5, 0.6) is 0 Å². The summed E-state index contributed by atoms with van der Waals surface area (Å²) in [5, 5.41) is 1.88. The topological polar surface area (TPSA) is 65.9 Å². The first-order valence-electron chi connectivity index (χ1n) is 8.99. The quantitative estimate of drug-likeness (QED) is 0.417. The Labute approximate surface area is 162 Å². The molecule has 0 unspecified atom stereocenters. The molecule has 0 spiro atoms. The zero-order valence-corrected chi connectivity index (χ0v) is 16.0. The van der Waals surface area contributed by atoms with Gasteiger partial charge in [-0.2, -0.15) is 0 Å². The molecule has 0 aliphatic rings. The summed E-state index contributed by atoms with van der Waals surface area (Å²) in [4.78, 5) is 12.9. The highest BCUT2D eigenvalue weighted by atomic mass is 32.2. The number of thioether (sulfide) groups is 1. The molecule has 0 fully saturated rings. The van der Waals surface area contributed by atoms with Crippen LogP contribution in [0.4, 0.5) is 0 Å². The summed E-state index contributed by atoms with van der Waals surface area (Å²) in [6.07, 6.45) is 1.99. The maximum absolute atomic E-state index is 5.75. The van der Waals surface area contributed by atoms with Gasteiger partial charge >= 0.3 is 5.16 Å². The summed E-state index contributed by atoms with van der Waals surface area (Å²) in [7, 11) is 0. The monoisotopic (exact) mass is 373 g/mol. The molecular weight excluding hydrogens is 352 g/mol. The summed E-state index contributed by atoms with van der Waals surface area (Å²) in [5.41, 5.74) is 11.8. The van der Waals surface area contributed by atoms with Crippen LogP contribution in [0.15, 0.2) is 72.0 Å². The standard InChI is InChI=1S/C22H20N4S/c1-2-27-22-24-14-18-12-19(16-6-4-3-5-7-16)20(25-21(18)26-22)17-10-8-15(13-23)9-11-17/h3-12,14H,2,13,23H2,1H3/p+1. The third kappa shape index (κ3) is 3.70. The molecule has 0 aliphatic carbocycles. The van der Waals surface area contributed by atoms with E-state index in [0.29, 0.717) is 6.54 Å². The van der Waals surface area contributed by atoms with Crippen LogP contribution in [0, 0.1) is 0 Å². The molecule has 4 aromatic rings. The fourth-order valence-corrected chi connectivity index (χ4v) is 3.62. The molecule has 4 nitrogen and oxygen atoms in total. The zero-order valence-electron chi connectivity index (χ0n) is 15.1. The van der Waals surface area contributed by atoms with E-state index in [1.165, 1.54) is 0 Å². The highest BCUT2D eigenvalue weighted by Gasteiger charge is 2.16. The number of benzene rings is 2. The van der Waals surface area contributed by atoms with Gasteiger partial charge in [0.15, 0.2) is 0 Å². The van der Waals surface area contributed by atoms with Gasteiger partial charge in [-0.05, 0) is 33.9 Å². The van der Waals surface area contributed by atoms with E-state index in [-0.39, 0.29) is 0 Å². The number of nitrogens with one attached hydrogen (secondary N) is 1. The summed E-state index contributed by atoms with van der Waals surface area (Å²) in [6, 6.07) is 20.8. The molecule has 0 saturated carbocycles. The summed E-state index contributed by atoms with van der Waals surface area (Å²) in [6.45, 7) is 2.65. The van der Waals surface area contributed by atoms with E-state index in [1.54, 1.807) is 11.8 Å². The number of pyridine rings is 1. The van der Waals surface area contributed by atoms with E-state index in [0.717, 1.165) is 49.9 Å². The number of aromatic amines is 1. The minimum atomic E-state index is 0.534. The number of hydrogen-bond acceptors (Lipinski definition) is 4. The van der Waals surface area contributed by atoms with E-state index in [4.69, 9.17) is 15.7 Å². The molecule has 3 N–H and O–H groups in total. The van der Waals surface area contributed by atoms with Gasteiger partial charge in [0.1, 0.15) is 6.20 Å². The van der Waals surface area contributed by atoms with Crippen molar-refractivity contribution < 1.29 is 4.98 Å². The number of hydrogen-bond donors (Lipinski definition) is 1. The molecule has 2 aromatic carbocycles. The average molecular weight is 374 g/mol. The summed E-state index contributed by atoms with van der Waals surface area (Å²) < 4.78 is 0. The molecule has 0 amide bonds. The van der Waals surface area contributed by atoms with Gasteiger partial charge in [-0.15, -0.1) is 0 Å². The minimum Gasteiger partial charge on any atom is -0.326 e. The molecule has 0 atom stereocenters. The number of nitrogens with two attached hydrogens (primary N) is 1. The number of nitrogens with zero attached hydrogens (tertiary/aromatic N) is 2. The lowest BCUT2D eigenvalue weighted by atomic mass is 9.98. The van der Waals surface area contributed by atoms with Gasteiger partial charge < -0.3 is 5.73 Å². The molecule has 4 rings (SSSR count). The van der Waals surface area contributed by atoms with Crippen molar-refractivity contribution in [1.82, 2.24) is 9.97 Å². The first-order chi connectivity index (χ1) is 13.3. The summed E-state index contributed by atoms with van der Waals surface area (Å²) in [5.74, 6) is 0.963. The minimum absolute atomic E-state index is 0.534. The van der Waals surface area contributed by atoms with Gasteiger partial charge in [0.2, 0.25) is 0 Å². The van der Waals surface area contributed by atoms with Crippen molar-refractivity contribution in [3.63, 3.8) is 0 Å². The predicted molar refractivity (Wildman–Crippen MR) is 111 cm³/mol. The fraction of sp³-hybridized carbons (Fsp3) is 0.136. The van der Waals surface area contributed by atoms with Crippen molar-refractivity contribution in [2.75, 3.05) is 5.75 Å². The zero-order chi connectivity index (χ0) is 18.6. The van der Waals surface area contributed by atoms with Crippen molar-refractivity contribution in [2.24, 2.45) is 5.73 Å². The first-order valence-corrected chi connectivity index (χ1v) is 9.98. The maximum Gasteiger partial charge on any atom is 0.359 e. The Bertz CT molecular complexity index is 1060. The number of aromatic nitrogens is 3. The van der Waals surface area contributed by atoms with Crippen molar-refractivity contribution in [3.8, 4) is 22.4 Å². The van der Waals surface area contributed by atoms with Crippen molar-refractivity contribution >= 4 is 22.8 Å². The third-order valence-electron chi connectivity index (χ3n) is 4.42. The second-order valence-electron chi connectivity index (χ2n) is 6.20. The molecule has 2 aromatic heterocycles. The highest BCUT2D eigenvalue weighted by Crippen LogP contribution is 2.33. The lowest BCUT2D eigenvalue weighted by Gasteiger charge is -2.10. The van der Waals surface area contributed by atoms with Gasteiger partial charge in [-0.25, -0.2) is 9.97 Å². The lowest BCUT2D eigenvalue weighted by molar-refractivity contribution is -0.431. The van der Waals surface area contributed by atoms with Crippen molar-refractivity contribution in [3.05, 3.63) is 72.4 Å². The Hall–Kier alpha value is -2.76. The van der Waals surface area contributed by atoms with Crippen LogP contribution < -0.4 is 10.7 Å². The second-order valence-corrected chi connectivity index (χ2v) is 7.46. The molecule has 2 heterocycles.